The highest BCUT2D eigenvalue weighted by Crippen LogP contribution is 2.50. The van der Waals surface area contributed by atoms with Gasteiger partial charge in [-0.3, -0.25) is 14.4 Å². The van der Waals surface area contributed by atoms with E-state index in [9.17, 15) is 14.4 Å². The number of rotatable bonds is 4. The number of fused-ring (bicyclic) bond motifs is 1. The first-order valence-corrected chi connectivity index (χ1v) is 11.0. The van der Waals surface area contributed by atoms with Crippen LogP contribution in [0.4, 0.5) is 5.69 Å². The lowest BCUT2D eigenvalue weighted by Gasteiger charge is -2.32. The highest BCUT2D eigenvalue weighted by molar-refractivity contribution is 6.23. The topological polar surface area (TPSA) is 63.7 Å². The number of carbonyl (C=O) groups excluding carboxylic acids is 3. The molecule has 0 radical (unpaired) electrons. The summed E-state index contributed by atoms with van der Waals surface area (Å²) in [6.07, 6.45) is 4.15. The molecule has 0 N–H and O–H groups in total. The summed E-state index contributed by atoms with van der Waals surface area (Å²) in [5, 5.41) is 0. The third kappa shape index (κ3) is 3.76. The van der Waals surface area contributed by atoms with Crippen LogP contribution in [-0.4, -0.2) is 17.8 Å². The summed E-state index contributed by atoms with van der Waals surface area (Å²) in [6.45, 7) is 1.33. The van der Waals surface area contributed by atoms with Crippen molar-refractivity contribution in [1.82, 2.24) is 0 Å². The minimum atomic E-state index is -0.497. The van der Waals surface area contributed by atoms with Crippen LogP contribution >= 0.6 is 0 Å². The second-order valence-corrected chi connectivity index (χ2v) is 8.41. The summed E-state index contributed by atoms with van der Waals surface area (Å²) in [5.41, 5.74) is 2.51. The van der Waals surface area contributed by atoms with Crippen LogP contribution in [0.3, 0.4) is 0 Å². The third-order valence-electron chi connectivity index (χ3n) is 6.42. The molecule has 2 aliphatic rings. The summed E-state index contributed by atoms with van der Waals surface area (Å²) >= 11 is 0. The first-order chi connectivity index (χ1) is 16.0. The lowest BCUT2D eigenvalue weighted by molar-refractivity contribution is -0.132. The Kier molecular flexibility index (Phi) is 5.38. The van der Waals surface area contributed by atoms with E-state index in [1.54, 1.807) is 24.3 Å². The van der Waals surface area contributed by atoms with Gasteiger partial charge in [-0.1, -0.05) is 72.8 Å². The fraction of sp³-hybridized carbons (Fsp3) is 0.179. The SMILES string of the molecule is CC(=O)Oc1ccc(N2C(=O)[C@H]3[C@H](C2=O)[C@@H](c2ccccc2)C=C[C@@H]3c2ccccc2)cc1. The minimum absolute atomic E-state index is 0.182. The molecule has 1 aliphatic carbocycles. The van der Waals surface area contributed by atoms with E-state index in [-0.39, 0.29) is 23.7 Å². The first kappa shape index (κ1) is 20.9. The highest BCUT2D eigenvalue weighted by Gasteiger charge is 2.55. The molecule has 1 aliphatic heterocycles. The maximum atomic E-state index is 13.8. The largest absolute Gasteiger partial charge is 0.427 e. The monoisotopic (exact) mass is 437 g/mol. The molecular formula is C28H23NO4. The van der Waals surface area contributed by atoms with E-state index in [2.05, 4.69) is 12.2 Å². The number of hydrogen-bond acceptors (Lipinski definition) is 4. The average molecular weight is 437 g/mol. The van der Waals surface area contributed by atoms with Gasteiger partial charge in [0.25, 0.3) is 0 Å². The zero-order chi connectivity index (χ0) is 22.9. The Morgan fingerprint density at radius 3 is 1.58 bits per heavy atom. The van der Waals surface area contributed by atoms with Crippen LogP contribution in [0.5, 0.6) is 5.75 Å². The summed E-state index contributed by atoms with van der Waals surface area (Å²) in [6, 6.07) is 26.2. The molecule has 0 spiro atoms. The highest BCUT2D eigenvalue weighted by atomic mass is 16.5. The maximum absolute atomic E-state index is 13.8. The van der Waals surface area contributed by atoms with E-state index >= 15 is 0 Å². The van der Waals surface area contributed by atoms with Gasteiger partial charge in [-0.15, -0.1) is 0 Å². The molecule has 0 aromatic heterocycles. The normalized spacial score (nSPS) is 24.0. The van der Waals surface area contributed by atoms with Gasteiger partial charge in [-0.25, -0.2) is 4.90 Å². The number of nitrogens with zero attached hydrogens (tertiary/aromatic N) is 1. The molecule has 5 heteroatoms. The van der Waals surface area contributed by atoms with Gasteiger partial charge in [0.1, 0.15) is 5.75 Å². The second-order valence-electron chi connectivity index (χ2n) is 8.41. The lowest BCUT2D eigenvalue weighted by atomic mass is 9.68. The van der Waals surface area contributed by atoms with Gasteiger partial charge < -0.3 is 4.74 Å². The van der Waals surface area contributed by atoms with Crippen molar-refractivity contribution in [2.75, 3.05) is 4.90 Å². The zero-order valence-corrected chi connectivity index (χ0v) is 18.1. The Labute approximate surface area is 192 Å². The van der Waals surface area contributed by atoms with Crippen molar-refractivity contribution in [3.8, 4) is 5.75 Å². The third-order valence-corrected chi connectivity index (χ3v) is 6.42. The van der Waals surface area contributed by atoms with Gasteiger partial charge in [-0.05, 0) is 35.4 Å². The van der Waals surface area contributed by atoms with Crippen molar-refractivity contribution in [1.29, 1.82) is 0 Å². The Bertz CT molecular complexity index is 1150. The van der Waals surface area contributed by atoms with Crippen LogP contribution < -0.4 is 9.64 Å². The molecule has 1 heterocycles. The van der Waals surface area contributed by atoms with E-state index in [0.29, 0.717) is 11.4 Å². The molecule has 5 rings (SSSR count). The van der Waals surface area contributed by atoms with E-state index in [0.717, 1.165) is 11.1 Å². The summed E-state index contributed by atoms with van der Waals surface area (Å²) in [4.78, 5) is 40.0. The fourth-order valence-electron chi connectivity index (χ4n) is 5.02. The molecule has 0 saturated carbocycles. The lowest BCUT2D eigenvalue weighted by Crippen LogP contribution is -2.31. The molecule has 5 nitrogen and oxygen atoms in total. The molecule has 3 aromatic rings. The second kappa shape index (κ2) is 8.51. The van der Waals surface area contributed by atoms with Crippen LogP contribution in [0, 0.1) is 11.8 Å². The van der Waals surface area contributed by atoms with Crippen LogP contribution in [0.1, 0.15) is 29.9 Å². The van der Waals surface area contributed by atoms with Crippen molar-refractivity contribution >= 4 is 23.5 Å². The molecule has 1 fully saturated rings. The Balaban J connectivity index is 1.56. The number of benzene rings is 3. The van der Waals surface area contributed by atoms with E-state index in [1.165, 1.54) is 11.8 Å². The average Bonchev–Trinajstić information content (AvgIpc) is 3.10. The number of carbonyl (C=O) groups is 3. The molecule has 3 aromatic carbocycles. The molecule has 0 bridgehead atoms. The van der Waals surface area contributed by atoms with Crippen molar-refractivity contribution < 1.29 is 19.1 Å². The van der Waals surface area contributed by atoms with Crippen LogP contribution in [0.15, 0.2) is 97.1 Å². The van der Waals surface area contributed by atoms with Crippen molar-refractivity contribution in [3.63, 3.8) is 0 Å². The summed E-state index contributed by atoms with van der Waals surface area (Å²) in [5.74, 6) is -1.82. The van der Waals surface area contributed by atoms with Gasteiger partial charge in [0.2, 0.25) is 11.8 Å². The molecule has 2 amide bonds. The van der Waals surface area contributed by atoms with Crippen LogP contribution in [0.25, 0.3) is 0 Å². The fourth-order valence-corrected chi connectivity index (χ4v) is 5.02. The number of esters is 1. The quantitative estimate of drug-likeness (QED) is 0.253. The molecule has 4 atom stereocenters. The standard InChI is InChI=1S/C28H23NO4/c1-18(30)33-22-14-12-21(13-15-22)29-27(31)25-23(19-8-4-2-5-9-19)16-17-24(26(25)28(29)32)20-10-6-3-7-11-20/h2-17,23-26H,1H3/t23-,24-,25-,26-/m1/s1. The van der Waals surface area contributed by atoms with Gasteiger partial charge in [0.05, 0.1) is 17.5 Å². The Morgan fingerprint density at radius 2 is 1.15 bits per heavy atom. The summed E-state index contributed by atoms with van der Waals surface area (Å²) < 4.78 is 5.09. The predicted molar refractivity (Wildman–Crippen MR) is 125 cm³/mol. The number of hydrogen-bond donors (Lipinski definition) is 0. The predicted octanol–water partition coefficient (Wildman–Crippen LogP) is 4.85. The molecule has 164 valence electrons. The van der Waals surface area contributed by atoms with Crippen molar-refractivity contribution in [2.45, 2.75) is 18.8 Å². The van der Waals surface area contributed by atoms with Gasteiger partial charge in [0.15, 0.2) is 0 Å². The van der Waals surface area contributed by atoms with Crippen molar-refractivity contribution in [2.24, 2.45) is 11.8 Å². The van der Waals surface area contributed by atoms with Gasteiger partial charge in [0, 0.05) is 18.8 Å². The Hall–Kier alpha value is -3.99. The van der Waals surface area contributed by atoms with Gasteiger partial charge in [-0.2, -0.15) is 0 Å². The molecule has 1 saturated heterocycles. The molecule has 33 heavy (non-hydrogen) atoms. The number of allylic oxidation sites excluding steroid dienone is 2. The van der Waals surface area contributed by atoms with E-state index in [1.807, 2.05) is 60.7 Å². The van der Waals surface area contributed by atoms with Crippen LogP contribution in [0.2, 0.25) is 0 Å². The van der Waals surface area contributed by atoms with Gasteiger partial charge >= 0.3 is 5.97 Å². The first-order valence-electron chi connectivity index (χ1n) is 11.0. The van der Waals surface area contributed by atoms with E-state index in [4.69, 9.17) is 4.74 Å². The number of anilines is 1. The Morgan fingerprint density at radius 1 is 0.697 bits per heavy atom. The van der Waals surface area contributed by atoms with Crippen molar-refractivity contribution in [3.05, 3.63) is 108 Å². The zero-order valence-electron chi connectivity index (χ0n) is 18.1. The number of amides is 2. The molecular weight excluding hydrogens is 414 g/mol. The number of ether oxygens (including phenoxy) is 1. The van der Waals surface area contributed by atoms with E-state index < -0.39 is 17.8 Å². The number of imide groups is 1. The minimum Gasteiger partial charge on any atom is -0.427 e. The van der Waals surface area contributed by atoms with Crippen LogP contribution in [-0.2, 0) is 14.4 Å². The summed E-state index contributed by atoms with van der Waals surface area (Å²) in [7, 11) is 0. The maximum Gasteiger partial charge on any atom is 0.308 e. The smallest absolute Gasteiger partial charge is 0.308 e. The molecule has 0 unspecified atom stereocenters.